The van der Waals surface area contributed by atoms with Crippen molar-refractivity contribution in [1.82, 2.24) is 9.91 Å². The van der Waals surface area contributed by atoms with E-state index in [0.29, 0.717) is 19.4 Å². The van der Waals surface area contributed by atoms with E-state index in [2.05, 4.69) is 18.1 Å². The molecule has 0 radical (unpaired) electrons. The van der Waals surface area contributed by atoms with Gasteiger partial charge in [-0.3, -0.25) is 9.59 Å². The first kappa shape index (κ1) is 20.4. The van der Waals surface area contributed by atoms with Gasteiger partial charge in [-0.2, -0.15) is 5.10 Å². The van der Waals surface area contributed by atoms with Crippen LogP contribution in [0.3, 0.4) is 0 Å². The van der Waals surface area contributed by atoms with Crippen LogP contribution in [0.5, 0.6) is 0 Å². The van der Waals surface area contributed by atoms with Gasteiger partial charge in [0.05, 0.1) is 12.3 Å². The third kappa shape index (κ3) is 4.07. The molecule has 2 aliphatic rings. The number of halogens is 1. The molecule has 1 unspecified atom stereocenters. The molecule has 7 heteroatoms. The maximum absolute atomic E-state index is 12.3. The fourth-order valence-corrected chi connectivity index (χ4v) is 3.38. The minimum absolute atomic E-state index is 0. The van der Waals surface area contributed by atoms with Crippen molar-refractivity contribution in [2.24, 2.45) is 11.0 Å². The summed E-state index contributed by atoms with van der Waals surface area (Å²) < 4.78 is 0. The molecule has 0 fully saturated rings. The van der Waals surface area contributed by atoms with E-state index in [9.17, 15) is 9.59 Å². The molecule has 0 bridgehead atoms. The predicted octanol–water partition coefficient (Wildman–Crippen LogP) is 2.15. The third-order valence-corrected chi connectivity index (χ3v) is 4.94. The molecule has 0 aromatic heterocycles. The third-order valence-electron chi connectivity index (χ3n) is 4.94. The van der Waals surface area contributed by atoms with Crippen LogP contribution < -0.4 is 4.90 Å². The van der Waals surface area contributed by atoms with E-state index < -0.39 is 0 Å². The molecule has 1 aromatic rings. The first-order valence-electron chi connectivity index (χ1n) is 8.80. The molecular weight excluding hydrogens is 352 g/mol. The number of amides is 2. The predicted molar refractivity (Wildman–Crippen MR) is 106 cm³/mol. The smallest absolute Gasteiger partial charge is 0.243 e. The Labute approximate surface area is 161 Å². The highest BCUT2D eigenvalue weighted by atomic mass is 35.5. The van der Waals surface area contributed by atoms with E-state index in [1.807, 2.05) is 38.2 Å². The summed E-state index contributed by atoms with van der Waals surface area (Å²) in [6, 6.07) is 6.15. The lowest BCUT2D eigenvalue weighted by atomic mass is 9.90. The van der Waals surface area contributed by atoms with Crippen LogP contribution in [0.2, 0.25) is 0 Å². The highest BCUT2D eigenvalue weighted by Crippen LogP contribution is 2.30. The highest BCUT2D eigenvalue weighted by Gasteiger charge is 2.28. The van der Waals surface area contributed by atoms with Crippen LogP contribution in [0.25, 0.3) is 0 Å². The van der Waals surface area contributed by atoms with Crippen molar-refractivity contribution in [3.8, 4) is 0 Å². The Morgan fingerprint density at radius 2 is 1.92 bits per heavy atom. The van der Waals surface area contributed by atoms with Gasteiger partial charge in [-0.15, -0.1) is 12.4 Å². The van der Waals surface area contributed by atoms with Crippen LogP contribution in [0.4, 0.5) is 5.69 Å². The molecule has 3 rings (SSSR count). The molecule has 1 aromatic carbocycles. The quantitative estimate of drug-likeness (QED) is 0.806. The van der Waals surface area contributed by atoms with Crippen LogP contribution >= 0.6 is 12.4 Å². The van der Waals surface area contributed by atoms with Gasteiger partial charge < -0.3 is 9.80 Å². The van der Waals surface area contributed by atoms with E-state index in [1.165, 1.54) is 5.56 Å². The molecule has 6 nitrogen and oxygen atoms in total. The van der Waals surface area contributed by atoms with E-state index in [0.717, 1.165) is 29.9 Å². The number of fused-ring (bicyclic) bond motifs is 1. The molecule has 142 valence electrons. The average Bonchev–Trinajstić information content (AvgIpc) is 2.57. The first-order chi connectivity index (χ1) is 11.9. The van der Waals surface area contributed by atoms with Crippen molar-refractivity contribution in [2.75, 3.05) is 39.1 Å². The summed E-state index contributed by atoms with van der Waals surface area (Å²) in [4.78, 5) is 27.9. The van der Waals surface area contributed by atoms with Crippen molar-refractivity contribution in [3.05, 3.63) is 29.3 Å². The molecule has 1 atom stereocenters. The zero-order valence-corrected chi connectivity index (χ0v) is 16.7. The van der Waals surface area contributed by atoms with Crippen LogP contribution in [-0.2, 0) is 16.0 Å². The Morgan fingerprint density at radius 3 is 2.62 bits per heavy atom. The summed E-state index contributed by atoms with van der Waals surface area (Å²) in [6.45, 7) is 3.44. The maximum atomic E-state index is 12.3. The van der Waals surface area contributed by atoms with Gasteiger partial charge in [0, 0.05) is 38.0 Å². The second kappa shape index (κ2) is 8.18. The Bertz CT molecular complexity index is 732. The molecule has 26 heavy (non-hydrogen) atoms. The maximum Gasteiger partial charge on any atom is 0.243 e. The van der Waals surface area contributed by atoms with Crippen molar-refractivity contribution in [2.45, 2.75) is 26.2 Å². The largest absolute Gasteiger partial charge is 0.315 e. The van der Waals surface area contributed by atoms with Gasteiger partial charge >= 0.3 is 0 Å². The van der Waals surface area contributed by atoms with Gasteiger partial charge in [0.25, 0.3) is 0 Å². The number of carbonyl (C=O) groups excluding carboxylic acids is 2. The standard InChI is InChI=1S/C19H26N4O2.ClH/c1-13-11-18(25)23(10-9-21(2)3)20-19(13)15-5-7-16-14(12-15)6-8-17(24)22(16)4;/h5,7,12-13H,6,8-11H2,1-4H3;1H. The van der Waals surface area contributed by atoms with Crippen LogP contribution in [0.1, 0.15) is 30.9 Å². The first-order valence-corrected chi connectivity index (χ1v) is 8.80. The van der Waals surface area contributed by atoms with Crippen molar-refractivity contribution in [3.63, 3.8) is 0 Å². The lowest BCUT2D eigenvalue weighted by Gasteiger charge is -2.30. The molecule has 0 saturated heterocycles. The topological polar surface area (TPSA) is 56.2 Å². The Hall–Kier alpha value is -1.92. The van der Waals surface area contributed by atoms with Crippen LogP contribution in [0, 0.1) is 5.92 Å². The minimum Gasteiger partial charge on any atom is -0.315 e. The fourth-order valence-electron chi connectivity index (χ4n) is 3.38. The Morgan fingerprint density at radius 1 is 1.19 bits per heavy atom. The van der Waals surface area contributed by atoms with Gasteiger partial charge in [0.2, 0.25) is 11.8 Å². The summed E-state index contributed by atoms with van der Waals surface area (Å²) in [6.07, 6.45) is 1.79. The van der Waals surface area contributed by atoms with E-state index >= 15 is 0 Å². The number of carbonyl (C=O) groups is 2. The van der Waals surface area contributed by atoms with Crippen molar-refractivity contribution >= 4 is 35.6 Å². The number of hydrogen-bond acceptors (Lipinski definition) is 4. The highest BCUT2D eigenvalue weighted by molar-refractivity contribution is 6.06. The fraction of sp³-hybridized carbons (Fsp3) is 0.526. The molecule has 0 saturated carbocycles. The van der Waals surface area contributed by atoms with Gasteiger partial charge in [-0.25, -0.2) is 5.01 Å². The number of nitrogens with zero attached hydrogens (tertiary/aromatic N) is 4. The van der Waals surface area contributed by atoms with Crippen LogP contribution in [0.15, 0.2) is 23.3 Å². The normalized spacial score (nSPS) is 20.0. The SMILES string of the molecule is CC1CC(=O)N(CCN(C)C)N=C1c1ccc2c(c1)CCC(=O)N2C.Cl. The molecular formula is C19H27ClN4O2. The lowest BCUT2D eigenvalue weighted by Crippen LogP contribution is -2.39. The average molecular weight is 379 g/mol. The summed E-state index contributed by atoms with van der Waals surface area (Å²) >= 11 is 0. The van der Waals surface area contributed by atoms with Gasteiger partial charge in [0.15, 0.2) is 0 Å². The molecule has 0 aliphatic carbocycles. The number of hydrazone groups is 1. The Balaban J connectivity index is 0.00000243. The van der Waals surface area contributed by atoms with E-state index in [-0.39, 0.29) is 30.1 Å². The number of likely N-dealkylation sites (N-methyl/N-ethyl adjacent to an activating group) is 1. The minimum atomic E-state index is 0. The van der Waals surface area contributed by atoms with Crippen molar-refractivity contribution in [1.29, 1.82) is 0 Å². The number of anilines is 1. The number of rotatable bonds is 4. The number of hydrogen-bond donors (Lipinski definition) is 0. The van der Waals surface area contributed by atoms with Gasteiger partial charge in [0.1, 0.15) is 0 Å². The lowest BCUT2D eigenvalue weighted by molar-refractivity contribution is -0.132. The Kier molecular flexibility index (Phi) is 6.42. The number of aryl methyl sites for hydroxylation is 1. The molecule has 2 aliphatic heterocycles. The van der Waals surface area contributed by atoms with Crippen LogP contribution in [-0.4, -0.2) is 61.7 Å². The monoisotopic (exact) mass is 378 g/mol. The second-order valence-corrected chi connectivity index (χ2v) is 7.21. The second-order valence-electron chi connectivity index (χ2n) is 7.21. The van der Waals surface area contributed by atoms with E-state index in [4.69, 9.17) is 0 Å². The summed E-state index contributed by atoms with van der Waals surface area (Å²) in [7, 11) is 5.80. The van der Waals surface area contributed by atoms with E-state index in [1.54, 1.807) is 9.91 Å². The molecule has 2 heterocycles. The summed E-state index contributed by atoms with van der Waals surface area (Å²) in [5.74, 6) is 0.342. The van der Waals surface area contributed by atoms with Crippen molar-refractivity contribution < 1.29 is 9.59 Å². The number of benzene rings is 1. The molecule has 2 amide bonds. The van der Waals surface area contributed by atoms with Gasteiger partial charge in [-0.05, 0) is 43.8 Å². The van der Waals surface area contributed by atoms with Gasteiger partial charge in [-0.1, -0.05) is 13.0 Å². The molecule has 0 spiro atoms. The zero-order valence-electron chi connectivity index (χ0n) is 15.9. The molecule has 0 N–H and O–H groups in total. The summed E-state index contributed by atoms with van der Waals surface area (Å²) in [5.41, 5.74) is 4.16. The zero-order chi connectivity index (χ0) is 18.1. The summed E-state index contributed by atoms with van der Waals surface area (Å²) in [5, 5.41) is 6.26.